The highest BCUT2D eigenvalue weighted by Gasteiger charge is 2.45. The van der Waals surface area contributed by atoms with Crippen LogP contribution in [0.3, 0.4) is 0 Å². The molecule has 4 heterocycles. The SMILES string of the molecule is CC(=O)N1CC[C@H]2[C@H](C[C@@H](CN3CCCC3)N2c2nccs2)C1.O=C(O)C(F)(F)F.O=C(O)C(F)(F)F. The molecule has 4 rings (SSSR count). The van der Waals surface area contributed by atoms with Gasteiger partial charge in [-0.25, -0.2) is 14.6 Å². The predicted molar refractivity (Wildman–Crippen MR) is 120 cm³/mol. The zero-order valence-electron chi connectivity index (χ0n) is 19.8. The molecule has 3 aliphatic heterocycles. The van der Waals surface area contributed by atoms with Crippen molar-refractivity contribution >= 4 is 34.3 Å². The van der Waals surface area contributed by atoms with Crippen molar-refractivity contribution in [2.45, 2.75) is 57.0 Å². The molecule has 0 radical (unpaired) electrons. The molecule has 16 heteroatoms. The number of carboxylic acid groups (broad SMARTS) is 2. The Morgan fingerprint density at radius 2 is 1.57 bits per heavy atom. The molecule has 3 aliphatic rings. The summed E-state index contributed by atoms with van der Waals surface area (Å²) in [5, 5.41) is 17.5. The highest BCUT2D eigenvalue weighted by atomic mass is 32.1. The van der Waals surface area contributed by atoms with E-state index in [4.69, 9.17) is 19.8 Å². The van der Waals surface area contributed by atoms with E-state index in [2.05, 4.69) is 20.2 Å². The molecule has 210 valence electrons. The number of fused-ring (bicyclic) bond motifs is 1. The summed E-state index contributed by atoms with van der Waals surface area (Å²) in [5.41, 5.74) is 0. The average molecular weight is 563 g/mol. The Balaban J connectivity index is 0.000000286. The number of likely N-dealkylation sites (tertiary alicyclic amines) is 2. The van der Waals surface area contributed by atoms with Gasteiger partial charge in [-0.1, -0.05) is 0 Å². The first-order valence-electron chi connectivity index (χ1n) is 11.4. The standard InChI is InChI=1S/C17H26N4OS.2C2HF3O2/c1-13(22)20-8-4-16-14(11-20)10-15(12-19-6-2-3-7-19)21(16)17-18-5-9-23-17;2*3-2(4,5)1(6)7/h5,9,14-16H,2-4,6-8,10-12H2,1H3;2*(H,6,7)/t14-,15+,16+;;/m1../s1. The number of carbonyl (C=O) groups is 3. The maximum atomic E-state index is 11.8. The fraction of sp³-hybridized carbons (Fsp3) is 0.714. The Bertz CT molecular complexity index is 884. The molecule has 37 heavy (non-hydrogen) atoms. The molecule has 2 N–H and O–H groups in total. The van der Waals surface area contributed by atoms with Gasteiger partial charge in [0.25, 0.3) is 0 Å². The molecule has 1 aromatic heterocycles. The fourth-order valence-corrected chi connectivity index (χ4v) is 5.48. The number of carboxylic acids is 2. The molecular formula is C21H28F6N4O5S. The number of carbonyl (C=O) groups excluding carboxylic acids is 1. The van der Waals surface area contributed by atoms with Gasteiger partial charge in [0.05, 0.1) is 0 Å². The van der Waals surface area contributed by atoms with E-state index < -0.39 is 24.3 Å². The summed E-state index contributed by atoms with van der Waals surface area (Å²) in [4.78, 5) is 41.4. The quantitative estimate of drug-likeness (QED) is 0.540. The third kappa shape index (κ3) is 9.02. The van der Waals surface area contributed by atoms with Crippen molar-refractivity contribution in [1.82, 2.24) is 14.8 Å². The number of nitrogens with zero attached hydrogens (tertiary/aromatic N) is 4. The number of aromatic nitrogens is 1. The van der Waals surface area contributed by atoms with Crippen molar-refractivity contribution in [3.05, 3.63) is 11.6 Å². The van der Waals surface area contributed by atoms with Gasteiger partial charge in [0.15, 0.2) is 5.13 Å². The molecule has 0 bridgehead atoms. The number of alkyl halides is 6. The zero-order valence-corrected chi connectivity index (χ0v) is 20.7. The molecule has 0 aliphatic carbocycles. The van der Waals surface area contributed by atoms with Crippen LogP contribution < -0.4 is 4.90 Å². The Labute approximate surface area is 212 Å². The number of rotatable bonds is 3. The van der Waals surface area contributed by atoms with E-state index in [1.54, 1.807) is 18.3 Å². The van der Waals surface area contributed by atoms with Crippen LogP contribution in [0.2, 0.25) is 0 Å². The number of aliphatic carboxylic acids is 2. The predicted octanol–water partition coefficient (Wildman–Crippen LogP) is 3.32. The largest absolute Gasteiger partial charge is 0.490 e. The minimum atomic E-state index is -5.08. The highest BCUT2D eigenvalue weighted by molar-refractivity contribution is 7.13. The molecule has 0 aromatic carbocycles. The van der Waals surface area contributed by atoms with E-state index in [0.29, 0.717) is 18.0 Å². The number of hydrogen-bond acceptors (Lipinski definition) is 7. The minimum Gasteiger partial charge on any atom is -0.475 e. The van der Waals surface area contributed by atoms with E-state index in [0.717, 1.165) is 26.1 Å². The number of anilines is 1. The second kappa shape index (κ2) is 12.8. The first-order valence-corrected chi connectivity index (χ1v) is 12.2. The van der Waals surface area contributed by atoms with E-state index in [1.807, 2.05) is 11.1 Å². The lowest BCUT2D eigenvalue weighted by molar-refractivity contribution is -0.193. The number of amides is 1. The molecule has 1 amide bonds. The number of hydrogen-bond donors (Lipinski definition) is 2. The lowest BCUT2D eigenvalue weighted by Gasteiger charge is -2.38. The van der Waals surface area contributed by atoms with Crippen molar-refractivity contribution in [3.63, 3.8) is 0 Å². The van der Waals surface area contributed by atoms with Gasteiger partial charge in [0.2, 0.25) is 5.91 Å². The van der Waals surface area contributed by atoms with Crippen molar-refractivity contribution < 1.29 is 50.9 Å². The van der Waals surface area contributed by atoms with Gasteiger partial charge in [-0.2, -0.15) is 26.3 Å². The van der Waals surface area contributed by atoms with Crippen LogP contribution in [0.5, 0.6) is 0 Å². The molecule has 0 saturated carbocycles. The molecule has 3 fully saturated rings. The van der Waals surface area contributed by atoms with Crippen molar-refractivity contribution in [2.75, 3.05) is 37.6 Å². The van der Waals surface area contributed by atoms with Crippen LogP contribution in [-0.4, -0.2) is 100 Å². The van der Waals surface area contributed by atoms with Crippen LogP contribution in [0, 0.1) is 5.92 Å². The summed E-state index contributed by atoms with van der Waals surface area (Å²) in [6.07, 6.45) is -3.28. The smallest absolute Gasteiger partial charge is 0.475 e. The van der Waals surface area contributed by atoms with Gasteiger partial charge >= 0.3 is 24.3 Å². The van der Waals surface area contributed by atoms with Crippen molar-refractivity contribution in [3.8, 4) is 0 Å². The van der Waals surface area contributed by atoms with E-state index in [9.17, 15) is 31.1 Å². The second-order valence-electron chi connectivity index (χ2n) is 8.81. The van der Waals surface area contributed by atoms with Crippen LogP contribution in [-0.2, 0) is 14.4 Å². The van der Waals surface area contributed by atoms with E-state index >= 15 is 0 Å². The van der Waals surface area contributed by atoms with E-state index in [1.165, 1.54) is 37.5 Å². The maximum absolute atomic E-state index is 11.8. The summed E-state index contributed by atoms with van der Waals surface area (Å²) in [5.74, 6) is -4.68. The zero-order chi connectivity index (χ0) is 28.0. The lowest BCUT2D eigenvalue weighted by Crippen LogP contribution is -2.49. The summed E-state index contributed by atoms with van der Waals surface area (Å²) >= 11 is 1.76. The van der Waals surface area contributed by atoms with Gasteiger partial charge in [-0.15, -0.1) is 11.3 Å². The molecular weight excluding hydrogens is 534 g/mol. The molecule has 3 atom stereocenters. The number of thiazole rings is 1. The van der Waals surface area contributed by atoms with Crippen LogP contribution in [0.1, 0.15) is 32.6 Å². The monoisotopic (exact) mass is 562 g/mol. The Morgan fingerprint density at radius 3 is 2.00 bits per heavy atom. The summed E-state index contributed by atoms with van der Waals surface area (Å²) in [6.45, 7) is 7.18. The first kappa shape index (κ1) is 30.6. The minimum absolute atomic E-state index is 0.229. The van der Waals surface area contributed by atoms with Gasteiger partial charge in [-0.3, -0.25) is 4.79 Å². The van der Waals surface area contributed by atoms with Crippen molar-refractivity contribution in [2.24, 2.45) is 5.92 Å². The lowest BCUT2D eigenvalue weighted by atomic mass is 9.92. The number of piperidine rings is 1. The van der Waals surface area contributed by atoms with Crippen LogP contribution >= 0.6 is 11.3 Å². The maximum Gasteiger partial charge on any atom is 0.490 e. The second-order valence-corrected chi connectivity index (χ2v) is 9.68. The van der Waals surface area contributed by atoms with Gasteiger partial charge in [-0.05, 0) is 44.7 Å². The van der Waals surface area contributed by atoms with Gasteiger partial charge < -0.3 is 24.9 Å². The van der Waals surface area contributed by atoms with Crippen LogP contribution in [0.15, 0.2) is 11.6 Å². The third-order valence-electron chi connectivity index (χ3n) is 6.26. The Hall–Kier alpha value is -2.62. The van der Waals surface area contributed by atoms with Crippen molar-refractivity contribution in [1.29, 1.82) is 0 Å². The normalized spacial score (nSPS) is 23.9. The summed E-state index contributed by atoms with van der Waals surface area (Å²) < 4.78 is 63.5. The Kier molecular flexibility index (Phi) is 10.6. The highest BCUT2D eigenvalue weighted by Crippen LogP contribution is 2.40. The molecule has 0 spiro atoms. The molecule has 0 unspecified atom stereocenters. The summed E-state index contributed by atoms with van der Waals surface area (Å²) in [7, 11) is 0. The molecule has 9 nitrogen and oxygen atoms in total. The van der Waals surface area contributed by atoms with Crippen LogP contribution in [0.25, 0.3) is 0 Å². The summed E-state index contributed by atoms with van der Waals surface area (Å²) in [6, 6.07) is 1.12. The van der Waals surface area contributed by atoms with Gasteiger partial charge in [0, 0.05) is 50.2 Å². The van der Waals surface area contributed by atoms with Crippen LogP contribution in [0.4, 0.5) is 31.5 Å². The Morgan fingerprint density at radius 1 is 1.03 bits per heavy atom. The first-order chi connectivity index (χ1) is 17.1. The number of halogens is 6. The fourth-order valence-electron chi connectivity index (χ4n) is 4.70. The van der Waals surface area contributed by atoms with E-state index in [-0.39, 0.29) is 5.91 Å². The topological polar surface area (TPSA) is 114 Å². The molecule has 3 saturated heterocycles. The average Bonchev–Trinajstić information content (AvgIpc) is 3.54. The van der Waals surface area contributed by atoms with Gasteiger partial charge in [0.1, 0.15) is 0 Å². The molecule has 1 aromatic rings. The third-order valence-corrected chi connectivity index (χ3v) is 7.04.